The molecule has 0 saturated carbocycles. The Hall–Kier alpha value is -2.82. The number of anilines is 1. The van der Waals surface area contributed by atoms with Crippen molar-refractivity contribution >= 4 is 17.0 Å². The Balaban J connectivity index is 1.51. The average Bonchev–Trinajstić information content (AvgIpc) is 3.31. The number of aromatic nitrogens is 6. The maximum Gasteiger partial charge on any atom is 0.388 e. The topological polar surface area (TPSA) is 114 Å². The van der Waals surface area contributed by atoms with E-state index in [0.717, 1.165) is 19.4 Å². The van der Waals surface area contributed by atoms with E-state index in [4.69, 9.17) is 4.74 Å². The van der Waals surface area contributed by atoms with Crippen LogP contribution in [0.5, 0.6) is 5.88 Å². The molecule has 0 spiro atoms. The van der Waals surface area contributed by atoms with Crippen molar-refractivity contribution in [2.24, 2.45) is 5.92 Å². The molecule has 11 heteroatoms. The lowest BCUT2D eigenvalue weighted by molar-refractivity contribution is -0.0528. The van der Waals surface area contributed by atoms with Crippen LogP contribution in [0.15, 0.2) is 18.5 Å². The van der Waals surface area contributed by atoms with E-state index in [1.165, 1.54) is 6.07 Å². The first-order valence-corrected chi connectivity index (χ1v) is 8.67. The van der Waals surface area contributed by atoms with Crippen molar-refractivity contribution in [1.82, 2.24) is 30.4 Å². The summed E-state index contributed by atoms with van der Waals surface area (Å²) in [5.41, 5.74) is 1.91. The molecule has 1 unspecified atom stereocenters. The quantitative estimate of drug-likeness (QED) is 0.577. The van der Waals surface area contributed by atoms with Crippen molar-refractivity contribution in [2.45, 2.75) is 25.4 Å². The van der Waals surface area contributed by atoms with Gasteiger partial charge in [-0.3, -0.25) is 5.10 Å². The third kappa shape index (κ3) is 4.13. The van der Waals surface area contributed by atoms with Gasteiger partial charge in [-0.25, -0.2) is 15.1 Å². The predicted molar refractivity (Wildman–Crippen MR) is 91.7 cm³/mol. The van der Waals surface area contributed by atoms with E-state index in [9.17, 15) is 8.78 Å². The molecule has 1 aliphatic rings. The highest BCUT2D eigenvalue weighted by Crippen LogP contribution is 2.32. The summed E-state index contributed by atoms with van der Waals surface area (Å²) < 4.78 is 34.9. The largest absolute Gasteiger partial charge is 0.417 e. The van der Waals surface area contributed by atoms with E-state index in [2.05, 4.69) is 40.4 Å². The summed E-state index contributed by atoms with van der Waals surface area (Å²) in [6.07, 6.45) is 5.14. The van der Waals surface area contributed by atoms with E-state index in [1.807, 2.05) is 0 Å². The zero-order chi connectivity index (χ0) is 18.6. The van der Waals surface area contributed by atoms with Crippen LogP contribution in [0.1, 0.15) is 24.5 Å². The first-order valence-electron chi connectivity index (χ1n) is 8.67. The van der Waals surface area contributed by atoms with Gasteiger partial charge >= 0.3 is 6.61 Å². The molecule has 0 radical (unpaired) electrons. The molecule has 4 heterocycles. The minimum Gasteiger partial charge on any atom is -0.417 e. The van der Waals surface area contributed by atoms with Crippen LogP contribution in [0.25, 0.3) is 11.2 Å². The number of aromatic amines is 2. The molecule has 3 N–H and O–H groups in total. The molecule has 1 saturated heterocycles. The molecule has 1 aliphatic heterocycles. The molecule has 3 aromatic heterocycles. The van der Waals surface area contributed by atoms with Gasteiger partial charge in [0.25, 0.3) is 0 Å². The standard InChI is InChI=1S/C16H19F2N7O2/c17-16(18)27-14-4-11(23-24-14)10(9-2-1-3-26-8-9)5-20-13-7-19-12-6-21-25-15(12)22-13/h4,6-7,9-10,16H,1-3,5,8H2,(H,23,24)(H2,20,21,22,25)/t9-,10?/m0/s1. The van der Waals surface area contributed by atoms with Gasteiger partial charge in [-0.15, -0.1) is 0 Å². The number of hydrogen-bond acceptors (Lipinski definition) is 7. The minimum atomic E-state index is -2.90. The smallest absolute Gasteiger partial charge is 0.388 e. The van der Waals surface area contributed by atoms with Gasteiger partial charge in [0, 0.05) is 25.1 Å². The Bertz CT molecular complexity index is 878. The number of halogens is 2. The molecular formula is C16H19F2N7O2. The second-order valence-electron chi connectivity index (χ2n) is 6.36. The van der Waals surface area contributed by atoms with E-state index >= 15 is 0 Å². The SMILES string of the molecule is FC(F)Oc1cc(C(CNc2cnc3cn[nH]c3n2)[C@H]2CCCOC2)n[nH]1. The van der Waals surface area contributed by atoms with Crippen molar-refractivity contribution in [1.29, 1.82) is 0 Å². The number of hydrogen-bond donors (Lipinski definition) is 3. The highest BCUT2D eigenvalue weighted by molar-refractivity contribution is 5.69. The first kappa shape index (κ1) is 17.6. The van der Waals surface area contributed by atoms with Crippen molar-refractivity contribution in [3.63, 3.8) is 0 Å². The van der Waals surface area contributed by atoms with Gasteiger partial charge in [0.05, 0.1) is 24.7 Å². The summed E-state index contributed by atoms with van der Waals surface area (Å²) in [6, 6.07) is 1.51. The third-order valence-corrected chi connectivity index (χ3v) is 4.60. The molecule has 0 aromatic carbocycles. The summed E-state index contributed by atoms with van der Waals surface area (Å²) in [7, 11) is 0. The van der Waals surface area contributed by atoms with Crippen molar-refractivity contribution in [3.05, 3.63) is 24.2 Å². The highest BCUT2D eigenvalue weighted by Gasteiger charge is 2.28. The lowest BCUT2D eigenvalue weighted by atomic mass is 9.85. The van der Waals surface area contributed by atoms with Gasteiger partial charge in [0.1, 0.15) is 11.3 Å². The van der Waals surface area contributed by atoms with Gasteiger partial charge in [-0.2, -0.15) is 19.0 Å². The zero-order valence-electron chi connectivity index (χ0n) is 14.4. The number of nitrogens with one attached hydrogen (secondary N) is 3. The normalized spacial score (nSPS) is 18.7. The number of H-pyrrole nitrogens is 2. The molecule has 9 nitrogen and oxygen atoms in total. The summed E-state index contributed by atoms with van der Waals surface area (Å²) in [5.74, 6) is 0.682. The third-order valence-electron chi connectivity index (χ3n) is 4.60. The molecule has 0 aliphatic carbocycles. The lowest BCUT2D eigenvalue weighted by Crippen LogP contribution is -2.28. The average molecular weight is 379 g/mol. The molecular weight excluding hydrogens is 360 g/mol. The van der Waals surface area contributed by atoms with E-state index in [-0.39, 0.29) is 17.7 Å². The Morgan fingerprint density at radius 1 is 1.33 bits per heavy atom. The molecule has 0 bridgehead atoms. The number of rotatable bonds is 7. The fourth-order valence-electron chi connectivity index (χ4n) is 3.29. The summed E-state index contributed by atoms with van der Waals surface area (Å²) in [5, 5.41) is 16.6. The van der Waals surface area contributed by atoms with E-state index < -0.39 is 6.61 Å². The summed E-state index contributed by atoms with van der Waals surface area (Å²) in [6.45, 7) is -1.07. The van der Waals surface area contributed by atoms with Gasteiger partial charge in [-0.1, -0.05) is 0 Å². The lowest BCUT2D eigenvalue weighted by Gasteiger charge is -2.29. The number of fused-ring (bicyclic) bond motifs is 1. The summed E-state index contributed by atoms with van der Waals surface area (Å²) >= 11 is 0. The Morgan fingerprint density at radius 3 is 3.07 bits per heavy atom. The second kappa shape index (κ2) is 7.82. The van der Waals surface area contributed by atoms with Gasteiger partial charge in [0.2, 0.25) is 5.88 Å². The van der Waals surface area contributed by atoms with E-state index in [1.54, 1.807) is 12.4 Å². The van der Waals surface area contributed by atoms with Crippen LogP contribution in [-0.4, -0.2) is 56.7 Å². The molecule has 2 atom stereocenters. The maximum absolute atomic E-state index is 12.4. The monoisotopic (exact) mass is 379 g/mol. The van der Waals surface area contributed by atoms with Crippen molar-refractivity contribution in [3.8, 4) is 5.88 Å². The fourth-order valence-corrected chi connectivity index (χ4v) is 3.29. The zero-order valence-corrected chi connectivity index (χ0v) is 14.4. The van der Waals surface area contributed by atoms with Crippen LogP contribution < -0.4 is 10.1 Å². The molecule has 1 fully saturated rings. The van der Waals surface area contributed by atoms with Crippen LogP contribution in [0.4, 0.5) is 14.6 Å². The Morgan fingerprint density at radius 2 is 2.26 bits per heavy atom. The molecule has 27 heavy (non-hydrogen) atoms. The number of alkyl halides is 2. The number of nitrogens with zero attached hydrogens (tertiary/aromatic N) is 4. The van der Waals surface area contributed by atoms with Crippen LogP contribution >= 0.6 is 0 Å². The predicted octanol–water partition coefficient (Wildman–Crippen LogP) is 2.30. The van der Waals surface area contributed by atoms with Crippen LogP contribution in [-0.2, 0) is 4.74 Å². The van der Waals surface area contributed by atoms with E-state index in [0.29, 0.717) is 35.8 Å². The van der Waals surface area contributed by atoms with Crippen LogP contribution in [0.2, 0.25) is 0 Å². The highest BCUT2D eigenvalue weighted by atomic mass is 19.3. The first-order chi connectivity index (χ1) is 13.2. The van der Waals surface area contributed by atoms with Crippen LogP contribution in [0.3, 0.4) is 0 Å². The van der Waals surface area contributed by atoms with Gasteiger partial charge < -0.3 is 14.8 Å². The Labute approximate surface area is 152 Å². The van der Waals surface area contributed by atoms with Crippen LogP contribution in [0, 0.1) is 5.92 Å². The molecule has 4 rings (SSSR count). The van der Waals surface area contributed by atoms with Gasteiger partial charge in [-0.05, 0) is 18.8 Å². The van der Waals surface area contributed by atoms with Crippen molar-refractivity contribution in [2.75, 3.05) is 25.1 Å². The number of ether oxygens (including phenoxy) is 2. The fraction of sp³-hybridized carbons (Fsp3) is 0.500. The molecule has 0 amide bonds. The summed E-state index contributed by atoms with van der Waals surface area (Å²) in [4.78, 5) is 8.69. The molecule has 3 aromatic rings. The minimum absolute atomic E-state index is 0.0552. The molecule has 144 valence electrons. The Kier molecular flexibility index (Phi) is 5.10. The van der Waals surface area contributed by atoms with Crippen molar-refractivity contribution < 1.29 is 18.3 Å². The second-order valence-corrected chi connectivity index (χ2v) is 6.36. The maximum atomic E-state index is 12.4. The van der Waals surface area contributed by atoms with Gasteiger partial charge in [0.15, 0.2) is 5.65 Å².